The molecule has 0 unspecified atom stereocenters. The van der Waals surface area contributed by atoms with Crippen molar-refractivity contribution in [3.63, 3.8) is 0 Å². The predicted octanol–water partition coefficient (Wildman–Crippen LogP) is 3.53. The Bertz CT molecular complexity index is 1060. The number of pyridine rings is 1. The van der Waals surface area contributed by atoms with Gasteiger partial charge in [0.2, 0.25) is 0 Å². The van der Waals surface area contributed by atoms with Gasteiger partial charge in [-0.15, -0.1) is 5.10 Å². The van der Waals surface area contributed by atoms with E-state index < -0.39 is 0 Å². The molecule has 0 spiro atoms. The van der Waals surface area contributed by atoms with Crippen molar-refractivity contribution < 1.29 is 9.53 Å². The predicted molar refractivity (Wildman–Crippen MR) is 106 cm³/mol. The standard InChI is InChI=1S/C22H20N4O2/c1-14-13-19(25-26(14)16-5-3-2-4-6-16)24-22(27)21-18-8-7-17(28-18)20(21)15-9-11-23-12-10-15/h2-6,9-13,17-18H,7-8H2,1H3,(H,24,25,27)/t17-,18+/m0/s1. The number of amides is 1. The number of carbonyl (C=O) groups excluding carboxylic acids is 1. The van der Waals surface area contributed by atoms with Crippen LogP contribution in [0.3, 0.4) is 0 Å². The van der Waals surface area contributed by atoms with Crippen LogP contribution in [0.25, 0.3) is 11.3 Å². The molecule has 1 amide bonds. The third-order valence-electron chi connectivity index (χ3n) is 5.32. The second-order valence-electron chi connectivity index (χ2n) is 7.13. The molecule has 1 saturated heterocycles. The molecule has 1 fully saturated rings. The number of nitrogens with one attached hydrogen (secondary N) is 1. The number of benzene rings is 1. The zero-order valence-corrected chi connectivity index (χ0v) is 15.5. The van der Waals surface area contributed by atoms with Gasteiger partial charge < -0.3 is 10.1 Å². The molecule has 1 N–H and O–H groups in total. The summed E-state index contributed by atoms with van der Waals surface area (Å²) >= 11 is 0. The summed E-state index contributed by atoms with van der Waals surface area (Å²) in [6.45, 7) is 1.97. The fourth-order valence-corrected chi connectivity index (χ4v) is 4.10. The van der Waals surface area contributed by atoms with Crippen LogP contribution in [0, 0.1) is 6.92 Å². The second-order valence-corrected chi connectivity index (χ2v) is 7.13. The van der Waals surface area contributed by atoms with Crippen molar-refractivity contribution in [3.8, 4) is 5.69 Å². The van der Waals surface area contributed by atoms with Crippen molar-refractivity contribution >= 4 is 17.3 Å². The quantitative estimate of drug-likeness (QED) is 0.761. The number of para-hydroxylation sites is 1. The highest BCUT2D eigenvalue weighted by Crippen LogP contribution is 2.44. The number of nitrogens with zero attached hydrogens (tertiary/aromatic N) is 3. The molecular weight excluding hydrogens is 352 g/mol. The second kappa shape index (κ2) is 6.73. The first-order valence-corrected chi connectivity index (χ1v) is 9.44. The molecule has 2 aromatic heterocycles. The van der Waals surface area contributed by atoms with E-state index in [1.54, 1.807) is 12.4 Å². The minimum absolute atomic E-state index is 0.0169. The molecule has 0 aliphatic carbocycles. The van der Waals surface area contributed by atoms with Gasteiger partial charge in [0.05, 0.1) is 23.5 Å². The smallest absolute Gasteiger partial charge is 0.255 e. The topological polar surface area (TPSA) is 69.0 Å². The normalized spacial score (nSPS) is 20.6. The van der Waals surface area contributed by atoms with E-state index in [4.69, 9.17) is 4.74 Å². The maximum absolute atomic E-state index is 13.1. The molecule has 6 nitrogen and oxygen atoms in total. The molecule has 0 radical (unpaired) electrons. The molecule has 3 aromatic rings. The van der Waals surface area contributed by atoms with Gasteiger partial charge in [0, 0.05) is 24.2 Å². The number of rotatable bonds is 4. The van der Waals surface area contributed by atoms with Gasteiger partial charge in [-0.3, -0.25) is 9.78 Å². The number of carbonyl (C=O) groups is 1. The van der Waals surface area contributed by atoms with Gasteiger partial charge in [-0.25, -0.2) is 4.68 Å². The molecule has 1 aromatic carbocycles. The Kier molecular flexibility index (Phi) is 4.06. The Hall–Kier alpha value is -3.25. The summed E-state index contributed by atoms with van der Waals surface area (Å²) < 4.78 is 7.85. The monoisotopic (exact) mass is 372 g/mol. The molecule has 0 saturated carbocycles. The Morgan fingerprint density at radius 3 is 2.64 bits per heavy atom. The van der Waals surface area contributed by atoms with Gasteiger partial charge in [0.25, 0.3) is 5.91 Å². The van der Waals surface area contributed by atoms with Gasteiger partial charge in [0.1, 0.15) is 0 Å². The highest BCUT2D eigenvalue weighted by molar-refractivity contribution is 6.10. The maximum atomic E-state index is 13.1. The average molecular weight is 372 g/mol. The van der Waals surface area contributed by atoms with Crippen LogP contribution >= 0.6 is 0 Å². The molecule has 2 aliphatic rings. The van der Waals surface area contributed by atoms with Crippen LogP contribution in [0.5, 0.6) is 0 Å². The highest BCUT2D eigenvalue weighted by atomic mass is 16.5. The van der Waals surface area contributed by atoms with Crippen molar-refractivity contribution in [2.24, 2.45) is 0 Å². The summed E-state index contributed by atoms with van der Waals surface area (Å²) in [6.07, 6.45) is 5.14. The number of aryl methyl sites for hydroxylation is 1. The van der Waals surface area contributed by atoms with Crippen LogP contribution in [0.1, 0.15) is 24.1 Å². The number of ether oxygens (including phenoxy) is 1. The Labute approximate surface area is 162 Å². The number of hydrogen-bond acceptors (Lipinski definition) is 4. The van der Waals surface area contributed by atoms with E-state index in [1.165, 1.54) is 0 Å². The van der Waals surface area contributed by atoms with Crippen molar-refractivity contribution in [2.75, 3.05) is 5.32 Å². The lowest BCUT2D eigenvalue weighted by atomic mass is 9.87. The first-order valence-electron chi connectivity index (χ1n) is 9.44. The molecule has 5 rings (SSSR count). The zero-order chi connectivity index (χ0) is 19.1. The van der Waals surface area contributed by atoms with E-state index in [2.05, 4.69) is 15.4 Å². The number of aromatic nitrogens is 3. The molecule has 140 valence electrons. The summed E-state index contributed by atoms with van der Waals surface area (Å²) in [5.74, 6) is 0.396. The van der Waals surface area contributed by atoms with Crippen LogP contribution in [-0.2, 0) is 9.53 Å². The fourth-order valence-electron chi connectivity index (χ4n) is 4.10. The summed E-state index contributed by atoms with van der Waals surface area (Å²) in [7, 11) is 0. The average Bonchev–Trinajstić information content (AvgIpc) is 3.43. The van der Waals surface area contributed by atoms with Crippen LogP contribution in [0.2, 0.25) is 0 Å². The van der Waals surface area contributed by atoms with Crippen molar-refractivity contribution in [1.29, 1.82) is 0 Å². The molecular formula is C22H20N4O2. The lowest BCUT2D eigenvalue weighted by Crippen LogP contribution is -2.23. The first kappa shape index (κ1) is 16.9. The van der Waals surface area contributed by atoms with E-state index in [9.17, 15) is 4.79 Å². The minimum atomic E-state index is -0.148. The molecule has 6 heteroatoms. The maximum Gasteiger partial charge on any atom is 0.255 e. The largest absolute Gasteiger partial charge is 0.365 e. The van der Waals surface area contributed by atoms with Crippen LogP contribution in [0.4, 0.5) is 5.82 Å². The Balaban J connectivity index is 1.46. The SMILES string of the molecule is Cc1cc(NC(=O)C2=C(c3ccncc3)[C@@H]3CC[C@H]2O3)nn1-c1ccccc1. The molecule has 2 aliphatic heterocycles. The van der Waals surface area contributed by atoms with Crippen LogP contribution in [0.15, 0.2) is 66.5 Å². The number of anilines is 1. The molecule has 4 heterocycles. The third-order valence-corrected chi connectivity index (χ3v) is 5.32. The number of hydrogen-bond donors (Lipinski definition) is 1. The summed E-state index contributed by atoms with van der Waals surface area (Å²) in [4.78, 5) is 17.2. The summed E-state index contributed by atoms with van der Waals surface area (Å²) in [5, 5.41) is 7.54. The Morgan fingerprint density at radius 1 is 1.11 bits per heavy atom. The Morgan fingerprint density at radius 2 is 1.86 bits per heavy atom. The van der Waals surface area contributed by atoms with E-state index >= 15 is 0 Å². The summed E-state index contributed by atoms with van der Waals surface area (Å²) in [6, 6.07) is 15.6. The van der Waals surface area contributed by atoms with Crippen LogP contribution < -0.4 is 5.32 Å². The van der Waals surface area contributed by atoms with E-state index in [0.717, 1.165) is 40.9 Å². The lowest BCUT2D eigenvalue weighted by Gasteiger charge is -2.16. The fraction of sp³-hybridized carbons (Fsp3) is 0.227. The third kappa shape index (κ3) is 2.82. The van der Waals surface area contributed by atoms with Gasteiger partial charge in [-0.2, -0.15) is 0 Å². The number of fused-ring (bicyclic) bond motifs is 2. The minimum Gasteiger partial charge on any atom is -0.365 e. The molecule has 2 bridgehead atoms. The molecule has 2 atom stereocenters. The lowest BCUT2D eigenvalue weighted by molar-refractivity contribution is -0.113. The zero-order valence-electron chi connectivity index (χ0n) is 15.5. The van der Waals surface area contributed by atoms with Gasteiger partial charge in [-0.05, 0) is 55.2 Å². The van der Waals surface area contributed by atoms with Crippen molar-refractivity contribution in [1.82, 2.24) is 14.8 Å². The van der Waals surface area contributed by atoms with Gasteiger partial charge in [0.15, 0.2) is 5.82 Å². The van der Waals surface area contributed by atoms with Crippen molar-refractivity contribution in [2.45, 2.75) is 32.0 Å². The molecule has 28 heavy (non-hydrogen) atoms. The van der Waals surface area contributed by atoms with Crippen molar-refractivity contribution in [3.05, 3.63) is 77.8 Å². The van der Waals surface area contributed by atoms with Crippen LogP contribution in [-0.4, -0.2) is 32.9 Å². The van der Waals surface area contributed by atoms with Gasteiger partial charge >= 0.3 is 0 Å². The first-order chi connectivity index (χ1) is 13.7. The van der Waals surface area contributed by atoms with Gasteiger partial charge in [-0.1, -0.05) is 18.2 Å². The summed E-state index contributed by atoms with van der Waals surface area (Å²) in [5.41, 5.74) is 4.61. The van der Waals surface area contributed by atoms with E-state index in [-0.39, 0.29) is 18.1 Å². The van der Waals surface area contributed by atoms with E-state index in [0.29, 0.717) is 5.82 Å². The van der Waals surface area contributed by atoms with E-state index in [1.807, 2.05) is 60.1 Å². The highest BCUT2D eigenvalue weighted by Gasteiger charge is 2.43.